The minimum absolute atomic E-state index is 0.0875. The smallest absolute Gasteiger partial charge is 0.306 e. The van der Waals surface area contributed by atoms with E-state index in [1.54, 1.807) is 0 Å². The normalized spacial score (nSPS) is 16.7. The molecule has 230 valence electrons. The number of carbonyl (C=O) groups is 1. The molecule has 2 nitrogen and oxygen atoms in total. The molecule has 0 aliphatic heterocycles. The highest BCUT2D eigenvalue weighted by molar-refractivity contribution is 5.69. The fraction of sp³-hybridized carbons (Fsp3) is 0.615. The van der Waals surface area contributed by atoms with Gasteiger partial charge in [-0.05, 0) is 95.6 Å². The first-order valence-corrected chi connectivity index (χ1v) is 16.6. The summed E-state index contributed by atoms with van der Waals surface area (Å²) in [7, 11) is 0. The van der Waals surface area contributed by atoms with E-state index >= 15 is 0 Å². The van der Waals surface area contributed by atoms with Gasteiger partial charge in [-0.1, -0.05) is 131 Å². The molecule has 2 heteroatoms. The molecule has 0 saturated carbocycles. The molecular weight excluding hydrogens is 500 g/mol. The summed E-state index contributed by atoms with van der Waals surface area (Å²) in [5.41, 5.74) is 5.63. The fourth-order valence-electron chi connectivity index (χ4n) is 5.30. The predicted molar refractivity (Wildman–Crippen MR) is 181 cm³/mol. The zero-order valence-electron chi connectivity index (χ0n) is 27.6. The van der Waals surface area contributed by atoms with Crippen molar-refractivity contribution in [2.75, 3.05) is 6.61 Å². The number of hydrogen-bond donors (Lipinski definition) is 0. The second kappa shape index (κ2) is 23.2. The molecule has 0 aromatic heterocycles. The number of ether oxygens (including phenoxy) is 1. The largest absolute Gasteiger partial charge is 0.461 e. The second-order valence-electron chi connectivity index (χ2n) is 12.5. The van der Waals surface area contributed by atoms with Crippen molar-refractivity contribution in [3.63, 3.8) is 0 Å². The monoisotopic (exact) mass is 562 g/mol. The van der Waals surface area contributed by atoms with E-state index in [-0.39, 0.29) is 11.4 Å². The Morgan fingerprint density at radius 1 is 0.854 bits per heavy atom. The van der Waals surface area contributed by atoms with Crippen LogP contribution in [-0.2, 0) is 9.53 Å². The van der Waals surface area contributed by atoms with Crippen molar-refractivity contribution in [1.29, 1.82) is 0 Å². The van der Waals surface area contributed by atoms with Crippen molar-refractivity contribution in [3.05, 3.63) is 83.1 Å². The molecule has 0 fully saturated rings. The molecule has 0 aromatic carbocycles. The number of hydrogen-bond acceptors (Lipinski definition) is 2. The molecule has 0 saturated heterocycles. The van der Waals surface area contributed by atoms with E-state index in [1.807, 2.05) is 13.0 Å². The summed E-state index contributed by atoms with van der Waals surface area (Å²) in [6.07, 6.45) is 40.8. The first-order chi connectivity index (χ1) is 19.8. The van der Waals surface area contributed by atoms with Gasteiger partial charge in [-0.15, -0.1) is 0 Å². The van der Waals surface area contributed by atoms with Crippen molar-refractivity contribution < 1.29 is 9.53 Å². The van der Waals surface area contributed by atoms with E-state index in [0.29, 0.717) is 13.0 Å². The van der Waals surface area contributed by atoms with E-state index in [4.69, 9.17) is 4.74 Å². The van der Waals surface area contributed by atoms with Gasteiger partial charge >= 0.3 is 5.97 Å². The van der Waals surface area contributed by atoms with Crippen LogP contribution in [0.2, 0.25) is 0 Å². The Morgan fingerprint density at radius 3 is 2.20 bits per heavy atom. The van der Waals surface area contributed by atoms with Crippen LogP contribution in [-0.4, -0.2) is 12.6 Å². The lowest BCUT2D eigenvalue weighted by Crippen LogP contribution is -2.19. The topological polar surface area (TPSA) is 26.3 Å². The number of unbranched alkanes of at least 4 members (excludes halogenated alkanes) is 9. The van der Waals surface area contributed by atoms with Crippen LogP contribution in [0.25, 0.3) is 0 Å². The van der Waals surface area contributed by atoms with E-state index in [0.717, 1.165) is 31.3 Å². The Balaban J connectivity index is 2.11. The van der Waals surface area contributed by atoms with Gasteiger partial charge in [0.2, 0.25) is 0 Å². The summed E-state index contributed by atoms with van der Waals surface area (Å²) in [5.74, 6) is -0.0875. The average Bonchev–Trinajstić information content (AvgIpc) is 2.92. The van der Waals surface area contributed by atoms with Crippen molar-refractivity contribution in [2.45, 2.75) is 144 Å². The highest BCUT2D eigenvalue weighted by Crippen LogP contribution is 2.40. The summed E-state index contributed by atoms with van der Waals surface area (Å²) < 4.78 is 5.40. The van der Waals surface area contributed by atoms with Crippen LogP contribution in [0.1, 0.15) is 144 Å². The lowest BCUT2D eigenvalue weighted by Gasteiger charge is -2.32. The van der Waals surface area contributed by atoms with Crippen molar-refractivity contribution in [1.82, 2.24) is 0 Å². The molecule has 0 aromatic rings. The highest BCUT2D eigenvalue weighted by atomic mass is 16.5. The second-order valence-corrected chi connectivity index (χ2v) is 12.5. The highest BCUT2D eigenvalue weighted by Gasteiger charge is 2.26. The summed E-state index contributed by atoms with van der Waals surface area (Å²) in [4.78, 5) is 12.0. The molecule has 0 atom stereocenters. The Bertz CT molecular complexity index is 933. The Kier molecular flexibility index (Phi) is 20.8. The fourth-order valence-corrected chi connectivity index (χ4v) is 5.30. The number of rotatable bonds is 21. The van der Waals surface area contributed by atoms with Crippen LogP contribution < -0.4 is 0 Å². The van der Waals surface area contributed by atoms with Gasteiger partial charge in [0.25, 0.3) is 0 Å². The van der Waals surface area contributed by atoms with Crippen LogP contribution in [0.15, 0.2) is 83.1 Å². The molecule has 0 bridgehead atoms. The van der Waals surface area contributed by atoms with Gasteiger partial charge in [0.05, 0.1) is 0 Å². The zero-order chi connectivity index (χ0) is 30.2. The Labute approximate surface area is 254 Å². The quantitative estimate of drug-likeness (QED) is 0.0602. The van der Waals surface area contributed by atoms with E-state index in [9.17, 15) is 4.79 Å². The number of esters is 1. The molecule has 1 aliphatic rings. The first-order valence-electron chi connectivity index (χ1n) is 16.6. The van der Waals surface area contributed by atoms with Crippen LogP contribution in [0.4, 0.5) is 0 Å². The van der Waals surface area contributed by atoms with Crippen molar-refractivity contribution in [2.24, 2.45) is 5.41 Å². The molecule has 1 aliphatic carbocycles. The van der Waals surface area contributed by atoms with E-state index in [1.165, 1.54) is 87.3 Å². The third-order valence-corrected chi connectivity index (χ3v) is 8.00. The minimum atomic E-state index is -0.0875. The third-order valence-electron chi connectivity index (χ3n) is 8.00. The summed E-state index contributed by atoms with van der Waals surface area (Å²) in [6.45, 7) is 13.8. The van der Waals surface area contributed by atoms with Crippen LogP contribution in [0, 0.1) is 5.41 Å². The standard InChI is InChI=1S/C39H62O2/c1-7-8-9-10-11-12-13-14-15-16-17-18-19-20-21-22-28-38(40)41-33-31-35(3)26-23-25-34(2)29-30-37-36(4)27-24-32-39(37,5)6/h12-13,15-16,23,25-26,29-31H,7-11,14,17-22,24,27-28,32-33H2,1-6H3/b13-12-,16-15-,26-23+,30-29+,34-25+,35-31+. The summed E-state index contributed by atoms with van der Waals surface area (Å²) in [6, 6.07) is 0. The van der Waals surface area contributed by atoms with Crippen LogP contribution in [0.5, 0.6) is 0 Å². The van der Waals surface area contributed by atoms with E-state index in [2.05, 4.69) is 89.3 Å². The average molecular weight is 563 g/mol. The molecule has 0 unspecified atom stereocenters. The Morgan fingerprint density at radius 2 is 1.51 bits per heavy atom. The maximum Gasteiger partial charge on any atom is 0.306 e. The van der Waals surface area contributed by atoms with Gasteiger partial charge in [-0.25, -0.2) is 0 Å². The lowest BCUT2D eigenvalue weighted by molar-refractivity contribution is -0.142. The van der Waals surface area contributed by atoms with Gasteiger partial charge in [-0.2, -0.15) is 0 Å². The van der Waals surface area contributed by atoms with Crippen molar-refractivity contribution >= 4 is 5.97 Å². The first kappa shape index (κ1) is 36.7. The maximum atomic E-state index is 12.0. The lowest BCUT2D eigenvalue weighted by atomic mass is 9.72. The molecule has 0 amide bonds. The van der Waals surface area contributed by atoms with Crippen LogP contribution >= 0.6 is 0 Å². The molecule has 0 heterocycles. The van der Waals surface area contributed by atoms with Crippen molar-refractivity contribution in [3.8, 4) is 0 Å². The molecule has 1 rings (SSSR count). The summed E-state index contributed by atoms with van der Waals surface area (Å²) >= 11 is 0. The van der Waals surface area contributed by atoms with Gasteiger partial charge in [0.15, 0.2) is 0 Å². The number of allylic oxidation sites excluding steroid dienone is 13. The molecule has 0 N–H and O–H groups in total. The van der Waals surface area contributed by atoms with Gasteiger partial charge in [0, 0.05) is 6.42 Å². The number of carbonyl (C=O) groups excluding carboxylic acids is 1. The minimum Gasteiger partial charge on any atom is -0.461 e. The Hall–Kier alpha value is -2.35. The van der Waals surface area contributed by atoms with Gasteiger partial charge in [-0.3, -0.25) is 4.79 Å². The van der Waals surface area contributed by atoms with Crippen LogP contribution in [0.3, 0.4) is 0 Å². The molecule has 41 heavy (non-hydrogen) atoms. The maximum absolute atomic E-state index is 12.0. The van der Waals surface area contributed by atoms with Gasteiger partial charge in [0.1, 0.15) is 6.61 Å². The molecular formula is C39H62O2. The summed E-state index contributed by atoms with van der Waals surface area (Å²) in [5, 5.41) is 0. The molecule has 0 radical (unpaired) electrons. The molecule has 0 spiro atoms. The van der Waals surface area contributed by atoms with Gasteiger partial charge < -0.3 is 4.74 Å². The third kappa shape index (κ3) is 19.4. The zero-order valence-corrected chi connectivity index (χ0v) is 27.6. The SMILES string of the molecule is CCCCCC/C=C\C/C=C\CCCCCCCC(=O)OC/C=C(C)/C=C/C=C(C)/C=C/C1=C(C)CCCC1(C)C. The predicted octanol–water partition coefficient (Wildman–Crippen LogP) is 12.3. The van der Waals surface area contributed by atoms with E-state index < -0.39 is 0 Å².